The van der Waals surface area contributed by atoms with Crippen LogP contribution < -0.4 is 16.2 Å². The van der Waals surface area contributed by atoms with Crippen molar-refractivity contribution in [2.75, 3.05) is 10.6 Å². The number of carbonyl (C=O) groups is 2. The van der Waals surface area contributed by atoms with Crippen molar-refractivity contribution in [2.45, 2.75) is 32.7 Å². The molecular weight excluding hydrogens is 470 g/mol. The molecule has 0 atom stereocenters. The molecule has 2 N–H and O–H groups in total. The van der Waals surface area contributed by atoms with E-state index in [2.05, 4.69) is 21.7 Å². The summed E-state index contributed by atoms with van der Waals surface area (Å²) in [7, 11) is 0. The fourth-order valence-electron chi connectivity index (χ4n) is 4.13. The molecular formula is C24H19N5O3S2. The summed E-state index contributed by atoms with van der Waals surface area (Å²) in [4.78, 5) is 44.9. The van der Waals surface area contributed by atoms with Gasteiger partial charge < -0.3 is 10.6 Å². The van der Waals surface area contributed by atoms with Crippen molar-refractivity contribution in [3.8, 4) is 6.07 Å². The monoisotopic (exact) mass is 489 g/mol. The molecule has 0 bridgehead atoms. The second-order valence-electron chi connectivity index (χ2n) is 7.96. The number of nitrogens with one attached hydrogen (secondary N) is 2. The Kier molecular flexibility index (Phi) is 5.73. The predicted molar refractivity (Wildman–Crippen MR) is 133 cm³/mol. The zero-order chi connectivity index (χ0) is 23.8. The number of benzene rings is 1. The van der Waals surface area contributed by atoms with E-state index in [1.54, 1.807) is 19.1 Å². The first-order chi connectivity index (χ1) is 16.5. The van der Waals surface area contributed by atoms with Crippen LogP contribution in [-0.4, -0.2) is 21.4 Å². The summed E-state index contributed by atoms with van der Waals surface area (Å²) in [5, 5.41) is 16.0. The summed E-state index contributed by atoms with van der Waals surface area (Å²) in [6.07, 6.45) is 4.11. The fourth-order valence-corrected chi connectivity index (χ4v) is 6.42. The van der Waals surface area contributed by atoms with Crippen LogP contribution in [0.15, 0.2) is 41.5 Å². The lowest BCUT2D eigenvalue weighted by atomic mass is 10.1. The van der Waals surface area contributed by atoms with Crippen LogP contribution in [0.5, 0.6) is 0 Å². The molecule has 2 amide bonds. The number of hydrogen-bond acceptors (Lipinski definition) is 7. The molecule has 0 unspecified atom stereocenters. The summed E-state index contributed by atoms with van der Waals surface area (Å²) in [6.45, 7) is 1.47. The van der Waals surface area contributed by atoms with E-state index in [9.17, 15) is 19.6 Å². The molecule has 5 rings (SSSR count). The van der Waals surface area contributed by atoms with Crippen molar-refractivity contribution in [3.63, 3.8) is 0 Å². The van der Waals surface area contributed by atoms with Gasteiger partial charge in [0.05, 0.1) is 22.2 Å². The Labute approximate surface area is 202 Å². The topological polar surface area (TPSA) is 117 Å². The van der Waals surface area contributed by atoms with Crippen LogP contribution in [0.25, 0.3) is 10.2 Å². The van der Waals surface area contributed by atoms with Crippen LogP contribution in [0.4, 0.5) is 10.7 Å². The summed E-state index contributed by atoms with van der Waals surface area (Å²) in [5.74, 6) is -0.722. The zero-order valence-corrected chi connectivity index (χ0v) is 19.8. The summed E-state index contributed by atoms with van der Waals surface area (Å²) >= 11 is 2.57. The van der Waals surface area contributed by atoms with Crippen molar-refractivity contribution in [2.24, 2.45) is 0 Å². The first-order valence-electron chi connectivity index (χ1n) is 10.7. The van der Waals surface area contributed by atoms with E-state index in [0.717, 1.165) is 41.0 Å². The summed E-state index contributed by atoms with van der Waals surface area (Å²) < 4.78 is 1.23. The Morgan fingerprint density at radius 2 is 1.97 bits per heavy atom. The van der Waals surface area contributed by atoms with Gasteiger partial charge in [0.2, 0.25) is 5.91 Å². The van der Waals surface area contributed by atoms with Gasteiger partial charge in [-0.1, -0.05) is 18.2 Å². The third kappa shape index (κ3) is 3.89. The lowest BCUT2D eigenvalue weighted by Crippen LogP contribution is -2.28. The largest absolute Gasteiger partial charge is 0.321 e. The lowest BCUT2D eigenvalue weighted by Gasteiger charge is -2.07. The number of nitrogens with zero attached hydrogens (tertiary/aromatic N) is 3. The number of hydrogen-bond donors (Lipinski definition) is 2. The predicted octanol–water partition coefficient (Wildman–Crippen LogP) is 4.08. The highest BCUT2D eigenvalue weighted by Gasteiger charge is 2.24. The Bertz CT molecular complexity index is 1540. The van der Waals surface area contributed by atoms with Gasteiger partial charge in [0.1, 0.15) is 22.4 Å². The summed E-state index contributed by atoms with van der Waals surface area (Å²) in [6, 6.07) is 11.3. The number of thiophene rings is 2. The molecule has 34 heavy (non-hydrogen) atoms. The van der Waals surface area contributed by atoms with Gasteiger partial charge >= 0.3 is 0 Å². The van der Waals surface area contributed by atoms with Crippen LogP contribution >= 0.6 is 22.7 Å². The average Bonchev–Trinajstić information content (AvgIpc) is 3.49. The minimum Gasteiger partial charge on any atom is -0.321 e. The highest BCUT2D eigenvalue weighted by Crippen LogP contribution is 2.38. The third-order valence-corrected chi connectivity index (χ3v) is 8.16. The van der Waals surface area contributed by atoms with Gasteiger partial charge in [0.25, 0.3) is 11.5 Å². The second kappa shape index (κ2) is 8.85. The number of anilines is 2. The number of fused-ring (bicyclic) bond motifs is 2. The molecule has 0 aliphatic heterocycles. The Morgan fingerprint density at radius 1 is 1.18 bits per heavy atom. The van der Waals surface area contributed by atoms with E-state index >= 15 is 0 Å². The summed E-state index contributed by atoms with van der Waals surface area (Å²) in [5.41, 5.74) is 2.35. The molecule has 10 heteroatoms. The Morgan fingerprint density at radius 3 is 2.74 bits per heavy atom. The van der Waals surface area contributed by atoms with E-state index in [4.69, 9.17) is 0 Å². The van der Waals surface area contributed by atoms with Crippen molar-refractivity contribution >= 4 is 55.4 Å². The average molecular weight is 490 g/mol. The number of rotatable bonds is 5. The maximum atomic E-state index is 13.1. The molecule has 0 saturated heterocycles. The van der Waals surface area contributed by atoms with Gasteiger partial charge in [0.15, 0.2) is 0 Å². The van der Waals surface area contributed by atoms with Gasteiger partial charge in [-0.15, -0.1) is 22.7 Å². The van der Waals surface area contributed by atoms with Gasteiger partial charge in [-0.25, -0.2) is 4.98 Å². The van der Waals surface area contributed by atoms with E-state index in [1.165, 1.54) is 22.2 Å². The van der Waals surface area contributed by atoms with Crippen LogP contribution in [0.2, 0.25) is 0 Å². The molecule has 8 nitrogen and oxygen atoms in total. The van der Waals surface area contributed by atoms with E-state index in [-0.39, 0.29) is 18.0 Å². The third-order valence-electron chi connectivity index (χ3n) is 5.76. The number of carbonyl (C=O) groups excluding carboxylic acids is 2. The molecule has 0 radical (unpaired) electrons. The quantitative estimate of drug-likeness (QED) is 0.438. The van der Waals surface area contributed by atoms with E-state index in [1.807, 2.05) is 18.2 Å². The van der Waals surface area contributed by atoms with Gasteiger partial charge in [-0.2, -0.15) is 5.26 Å². The van der Waals surface area contributed by atoms with E-state index in [0.29, 0.717) is 36.9 Å². The van der Waals surface area contributed by atoms with Crippen molar-refractivity contribution in [1.29, 1.82) is 5.26 Å². The van der Waals surface area contributed by atoms with Crippen molar-refractivity contribution in [1.82, 2.24) is 9.55 Å². The van der Waals surface area contributed by atoms with Crippen LogP contribution in [-0.2, 0) is 24.2 Å². The smallest absolute Gasteiger partial charge is 0.266 e. The maximum absolute atomic E-state index is 13.1. The number of nitriles is 1. The molecule has 3 heterocycles. The molecule has 0 saturated carbocycles. The second-order valence-corrected chi connectivity index (χ2v) is 10.1. The number of aromatic nitrogens is 2. The molecule has 1 aliphatic rings. The SMILES string of the molecule is Cc1c(C(=O)Nc2ccccc2)sc2ncn(CC(=O)Nc3sc4c(c3C#N)CCC4)c(=O)c12. The zero-order valence-electron chi connectivity index (χ0n) is 18.2. The highest BCUT2D eigenvalue weighted by atomic mass is 32.1. The van der Waals surface area contributed by atoms with Gasteiger partial charge in [-0.05, 0) is 49.4 Å². The number of para-hydroxylation sites is 1. The first-order valence-corrected chi connectivity index (χ1v) is 12.3. The first kappa shape index (κ1) is 22.0. The molecule has 170 valence electrons. The van der Waals surface area contributed by atoms with E-state index < -0.39 is 5.91 Å². The van der Waals surface area contributed by atoms with Crippen LogP contribution in [0.1, 0.15) is 37.7 Å². The Balaban J connectivity index is 1.39. The normalized spacial score (nSPS) is 12.4. The maximum Gasteiger partial charge on any atom is 0.266 e. The minimum absolute atomic E-state index is 0.240. The minimum atomic E-state index is -0.408. The molecule has 1 aromatic carbocycles. The van der Waals surface area contributed by atoms with Gasteiger partial charge in [0, 0.05) is 10.6 Å². The van der Waals surface area contributed by atoms with Crippen LogP contribution in [0, 0.1) is 18.3 Å². The number of aryl methyl sites for hydroxylation is 2. The molecule has 1 aliphatic carbocycles. The Hall–Kier alpha value is -3.81. The van der Waals surface area contributed by atoms with Crippen molar-refractivity contribution in [3.05, 3.63) is 73.5 Å². The number of amides is 2. The van der Waals surface area contributed by atoms with Crippen LogP contribution in [0.3, 0.4) is 0 Å². The lowest BCUT2D eigenvalue weighted by molar-refractivity contribution is -0.116. The van der Waals surface area contributed by atoms with Crippen molar-refractivity contribution < 1.29 is 9.59 Å². The molecule has 0 fully saturated rings. The fraction of sp³-hybridized carbons (Fsp3) is 0.208. The highest BCUT2D eigenvalue weighted by molar-refractivity contribution is 7.20. The molecule has 3 aromatic heterocycles. The molecule has 4 aromatic rings. The standard InChI is InChI=1S/C24H19N5O3S2/c1-13-19-23(34-20(13)21(31)27-14-6-3-2-4-7-14)26-12-29(24(19)32)11-18(30)28-22-16(10-25)15-8-5-9-17(15)33-22/h2-4,6-7,12H,5,8-9,11H2,1H3,(H,27,31)(H,28,30). The van der Waals surface area contributed by atoms with Gasteiger partial charge in [-0.3, -0.25) is 19.0 Å². The molecule has 0 spiro atoms.